The lowest BCUT2D eigenvalue weighted by Gasteiger charge is -2.28. The first kappa shape index (κ1) is 16.5. The van der Waals surface area contributed by atoms with Gasteiger partial charge in [-0.1, -0.05) is 47.6 Å². The van der Waals surface area contributed by atoms with Crippen LogP contribution in [0, 0.1) is 0 Å². The van der Waals surface area contributed by atoms with E-state index in [4.69, 9.17) is 4.74 Å². The molecule has 0 heterocycles. The molecule has 0 saturated heterocycles. The molecule has 0 aliphatic rings. The van der Waals surface area contributed by atoms with Crippen molar-refractivity contribution in [3.05, 3.63) is 23.3 Å². The predicted molar refractivity (Wildman–Crippen MR) is 84.7 cm³/mol. The molecule has 1 rings (SSSR count). The van der Waals surface area contributed by atoms with E-state index in [1.54, 1.807) is 7.11 Å². The van der Waals surface area contributed by atoms with Gasteiger partial charge in [0.15, 0.2) is 0 Å². The van der Waals surface area contributed by atoms with Gasteiger partial charge in [0.1, 0.15) is 5.75 Å². The van der Waals surface area contributed by atoms with E-state index >= 15 is 0 Å². The van der Waals surface area contributed by atoms with E-state index in [1.807, 2.05) is 6.07 Å². The number of anilines is 1. The molecule has 1 N–H and O–H groups in total. The third-order valence-corrected chi connectivity index (χ3v) is 3.28. The topological polar surface area (TPSA) is 38.3 Å². The molecule has 0 aliphatic heterocycles. The molecule has 0 unspecified atom stereocenters. The summed E-state index contributed by atoms with van der Waals surface area (Å²) in [6, 6.07) is 4.19. The second kappa shape index (κ2) is 5.47. The average Bonchev–Trinajstić information content (AvgIpc) is 2.24. The summed E-state index contributed by atoms with van der Waals surface area (Å²) >= 11 is 0. The summed E-state index contributed by atoms with van der Waals surface area (Å²) in [6.45, 7) is 14.5. The van der Waals surface area contributed by atoms with Gasteiger partial charge < -0.3 is 10.1 Å². The molecule has 1 aromatic rings. The first-order valence-corrected chi connectivity index (χ1v) is 6.97. The van der Waals surface area contributed by atoms with Gasteiger partial charge in [0, 0.05) is 12.5 Å². The molecule has 1 amide bonds. The van der Waals surface area contributed by atoms with Crippen LogP contribution in [0.25, 0.3) is 0 Å². The second-order valence-corrected chi connectivity index (χ2v) is 7.29. The van der Waals surface area contributed by atoms with Crippen LogP contribution in [0.5, 0.6) is 5.75 Å². The molecule has 1 aromatic carbocycles. The van der Waals surface area contributed by atoms with Crippen LogP contribution in [0.15, 0.2) is 12.1 Å². The molecule has 0 spiro atoms. The largest absolute Gasteiger partial charge is 0.494 e. The van der Waals surface area contributed by atoms with Crippen LogP contribution in [-0.2, 0) is 15.6 Å². The Bertz CT molecular complexity index is 505. The van der Waals surface area contributed by atoms with Crippen LogP contribution in [0.2, 0.25) is 0 Å². The number of hydrogen-bond acceptors (Lipinski definition) is 2. The van der Waals surface area contributed by atoms with Crippen molar-refractivity contribution >= 4 is 11.6 Å². The summed E-state index contributed by atoms with van der Waals surface area (Å²) in [5, 5.41) is 2.89. The fraction of sp³-hybridized carbons (Fsp3) is 0.588. The smallest absolute Gasteiger partial charge is 0.221 e. The summed E-state index contributed by atoms with van der Waals surface area (Å²) in [4.78, 5) is 11.4. The van der Waals surface area contributed by atoms with Gasteiger partial charge in [-0.15, -0.1) is 0 Å². The van der Waals surface area contributed by atoms with Crippen molar-refractivity contribution in [3.63, 3.8) is 0 Å². The highest BCUT2D eigenvalue weighted by molar-refractivity contribution is 5.91. The Morgan fingerprint density at radius 2 is 1.60 bits per heavy atom. The van der Waals surface area contributed by atoms with E-state index in [2.05, 4.69) is 52.9 Å². The fourth-order valence-electron chi connectivity index (χ4n) is 2.12. The molecule has 112 valence electrons. The van der Waals surface area contributed by atoms with Crippen LogP contribution < -0.4 is 10.1 Å². The van der Waals surface area contributed by atoms with Gasteiger partial charge in [-0.2, -0.15) is 0 Å². The number of carbonyl (C=O) groups is 1. The zero-order valence-corrected chi connectivity index (χ0v) is 14.0. The van der Waals surface area contributed by atoms with E-state index in [-0.39, 0.29) is 16.7 Å². The van der Waals surface area contributed by atoms with Crippen LogP contribution in [-0.4, -0.2) is 13.0 Å². The van der Waals surface area contributed by atoms with Gasteiger partial charge >= 0.3 is 0 Å². The number of amides is 1. The van der Waals surface area contributed by atoms with Gasteiger partial charge in [0.05, 0.1) is 12.8 Å². The highest BCUT2D eigenvalue weighted by Gasteiger charge is 2.25. The van der Waals surface area contributed by atoms with Crippen molar-refractivity contribution < 1.29 is 9.53 Å². The lowest BCUT2D eigenvalue weighted by molar-refractivity contribution is -0.114. The molecule has 0 radical (unpaired) electrons. The fourth-order valence-corrected chi connectivity index (χ4v) is 2.12. The highest BCUT2D eigenvalue weighted by Crippen LogP contribution is 2.40. The Labute approximate surface area is 122 Å². The first-order chi connectivity index (χ1) is 8.96. The Kier molecular flexibility index (Phi) is 4.52. The second-order valence-electron chi connectivity index (χ2n) is 7.29. The van der Waals surface area contributed by atoms with E-state index in [0.29, 0.717) is 0 Å². The molecule has 3 heteroatoms. The van der Waals surface area contributed by atoms with Gasteiger partial charge in [0.25, 0.3) is 0 Å². The standard InChI is InChI=1S/C17H27NO2/c1-11(19)18-14-10-12(16(2,3)4)9-13(15(14)20-8)17(5,6)7/h9-10H,1-8H3,(H,18,19). The monoisotopic (exact) mass is 277 g/mol. The van der Waals surface area contributed by atoms with E-state index < -0.39 is 0 Å². The predicted octanol–water partition coefficient (Wildman–Crippen LogP) is 4.25. The van der Waals surface area contributed by atoms with Crippen LogP contribution in [0.3, 0.4) is 0 Å². The Balaban J connectivity index is 3.60. The summed E-state index contributed by atoms with van der Waals surface area (Å²) in [5.74, 6) is 0.662. The lowest BCUT2D eigenvalue weighted by Crippen LogP contribution is -2.19. The molecule has 0 saturated carbocycles. The minimum atomic E-state index is -0.0887. The number of hydrogen-bond donors (Lipinski definition) is 1. The summed E-state index contributed by atoms with van der Waals surface area (Å²) < 4.78 is 5.56. The van der Waals surface area contributed by atoms with E-state index in [0.717, 1.165) is 17.0 Å². The summed E-state index contributed by atoms with van der Waals surface area (Å²) in [7, 11) is 1.65. The average molecular weight is 277 g/mol. The van der Waals surface area contributed by atoms with Crippen molar-refractivity contribution in [2.75, 3.05) is 12.4 Å². The molecular weight excluding hydrogens is 250 g/mol. The third-order valence-electron chi connectivity index (χ3n) is 3.28. The van der Waals surface area contributed by atoms with Crippen molar-refractivity contribution in [3.8, 4) is 5.75 Å². The maximum absolute atomic E-state index is 11.4. The van der Waals surface area contributed by atoms with Crippen LogP contribution >= 0.6 is 0 Å². The van der Waals surface area contributed by atoms with Crippen molar-refractivity contribution in [2.24, 2.45) is 0 Å². The minimum absolute atomic E-state index is 0.0134. The molecule has 0 bridgehead atoms. The SMILES string of the molecule is COc1c(NC(C)=O)cc(C(C)(C)C)cc1C(C)(C)C. The maximum Gasteiger partial charge on any atom is 0.221 e. The number of methoxy groups -OCH3 is 1. The van der Waals surface area contributed by atoms with Gasteiger partial charge in [-0.05, 0) is 22.5 Å². The van der Waals surface area contributed by atoms with Crippen LogP contribution in [0.4, 0.5) is 5.69 Å². The molecule has 0 fully saturated rings. The Morgan fingerprint density at radius 3 is 1.95 bits per heavy atom. The van der Waals surface area contributed by atoms with E-state index in [9.17, 15) is 4.79 Å². The number of carbonyl (C=O) groups excluding carboxylic acids is 1. The number of nitrogens with one attached hydrogen (secondary N) is 1. The van der Waals surface area contributed by atoms with Crippen molar-refractivity contribution in [2.45, 2.75) is 59.3 Å². The van der Waals surface area contributed by atoms with Crippen molar-refractivity contribution in [1.29, 1.82) is 0 Å². The molecule has 0 aliphatic carbocycles. The zero-order chi connectivity index (χ0) is 15.7. The molecule has 0 atom stereocenters. The maximum atomic E-state index is 11.4. The summed E-state index contributed by atoms with van der Waals surface area (Å²) in [6.07, 6.45) is 0. The minimum Gasteiger partial charge on any atom is -0.494 e. The zero-order valence-electron chi connectivity index (χ0n) is 14.0. The van der Waals surface area contributed by atoms with Gasteiger partial charge in [-0.25, -0.2) is 0 Å². The van der Waals surface area contributed by atoms with Crippen LogP contribution in [0.1, 0.15) is 59.6 Å². The Morgan fingerprint density at radius 1 is 1.05 bits per heavy atom. The highest BCUT2D eigenvalue weighted by atomic mass is 16.5. The molecular formula is C17H27NO2. The Hall–Kier alpha value is -1.51. The van der Waals surface area contributed by atoms with E-state index in [1.165, 1.54) is 12.5 Å². The third kappa shape index (κ3) is 3.75. The quantitative estimate of drug-likeness (QED) is 0.877. The normalized spacial score (nSPS) is 12.2. The molecule has 20 heavy (non-hydrogen) atoms. The van der Waals surface area contributed by atoms with Gasteiger partial charge in [0.2, 0.25) is 5.91 Å². The number of benzene rings is 1. The number of ether oxygens (including phenoxy) is 1. The molecule has 0 aromatic heterocycles. The first-order valence-electron chi connectivity index (χ1n) is 6.97. The number of rotatable bonds is 2. The summed E-state index contributed by atoms with van der Waals surface area (Å²) in [5.41, 5.74) is 3.00. The van der Waals surface area contributed by atoms with Crippen molar-refractivity contribution in [1.82, 2.24) is 0 Å². The van der Waals surface area contributed by atoms with Gasteiger partial charge in [-0.3, -0.25) is 4.79 Å². The lowest BCUT2D eigenvalue weighted by atomic mass is 9.79. The molecule has 3 nitrogen and oxygen atoms in total.